The van der Waals surface area contributed by atoms with Crippen LogP contribution in [0.15, 0.2) is 83.8 Å². The molecule has 0 N–H and O–H groups in total. The number of fused-ring (bicyclic) bond motifs is 3. The van der Waals surface area contributed by atoms with Crippen LogP contribution in [0, 0.1) is 0 Å². The van der Waals surface area contributed by atoms with Crippen molar-refractivity contribution in [2.45, 2.75) is 10.8 Å². The Morgan fingerprint density at radius 3 is 1.07 bits per heavy atom. The largest absolute Gasteiger partial charge is 0.448 e. The van der Waals surface area contributed by atoms with Gasteiger partial charge in [0.15, 0.2) is 0 Å². The van der Waals surface area contributed by atoms with Gasteiger partial charge in [0, 0.05) is 19.5 Å². The van der Waals surface area contributed by atoms with Crippen molar-refractivity contribution >= 4 is 16.2 Å². The maximum Gasteiger partial charge on any atom is 0.409 e. The first-order valence-electron chi connectivity index (χ1n) is 22.9. The second-order valence-electron chi connectivity index (χ2n) is 14.7. The highest BCUT2D eigenvalue weighted by molar-refractivity contribution is 7.86. The number of hydrogen-bond donors (Lipinski definition) is 0. The van der Waals surface area contributed by atoms with Gasteiger partial charge in [-0.2, -0.15) is 8.42 Å². The Morgan fingerprint density at radius 1 is 0.418 bits per heavy atom. The zero-order valence-corrected chi connectivity index (χ0v) is 39.8. The van der Waals surface area contributed by atoms with Crippen molar-refractivity contribution in [3.05, 3.63) is 90.0 Å². The summed E-state index contributed by atoms with van der Waals surface area (Å²) in [6.07, 6.45) is -0.372. The molecule has 1 aliphatic carbocycles. The van der Waals surface area contributed by atoms with E-state index in [9.17, 15) is 13.2 Å². The predicted octanol–water partition coefficient (Wildman–Crippen LogP) is 4.47. The molecule has 0 aliphatic heterocycles. The molecule has 0 unspecified atom stereocenters. The summed E-state index contributed by atoms with van der Waals surface area (Å²) in [6.45, 7) is 11.0. The van der Waals surface area contributed by atoms with Gasteiger partial charge in [-0.15, -0.1) is 0 Å². The summed E-state index contributed by atoms with van der Waals surface area (Å²) in [5.41, 5.74) is 4.77. The average Bonchev–Trinajstić information content (AvgIpc) is 3.67. The highest BCUT2D eigenvalue weighted by Crippen LogP contribution is 2.44. The molecule has 0 heterocycles. The summed E-state index contributed by atoms with van der Waals surface area (Å²) in [4.78, 5) is 14.3. The number of nitrogens with zero attached hydrogens (tertiary/aromatic N) is 1. The van der Waals surface area contributed by atoms with E-state index in [0.717, 1.165) is 0 Å². The zero-order chi connectivity index (χ0) is 47.3. The molecular weight excluding hydrogens is 895 g/mol. The van der Waals surface area contributed by atoms with E-state index in [1.165, 1.54) is 39.3 Å². The fraction of sp³-hybridized carbons (Fsp3) is 0.604. The maximum absolute atomic E-state index is 12.6. The minimum atomic E-state index is -3.77. The van der Waals surface area contributed by atoms with Crippen LogP contribution in [0.2, 0.25) is 0 Å². The molecule has 4 rings (SSSR count). The second-order valence-corrected chi connectivity index (χ2v) is 16.3. The van der Waals surface area contributed by atoms with E-state index in [-0.39, 0.29) is 30.1 Å². The van der Waals surface area contributed by atoms with Crippen molar-refractivity contribution in [1.29, 1.82) is 0 Å². The van der Waals surface area contributed by atoms with Gasteiger partial charge < -0.3 is 66.5 Å². The van der Waals surface area contributed by atoms with Crippen molar-refractivity contribution in [3.8, 4) is 11.1 Å². The number of rotatable bonds is 43. The molecule has 0 bridgehead atoms. The highest BCUT2D eigenvalue weighted by atomic mass is 32.2. The summed E-state index contributed by atoms with van der Waals surface area (Å²) < 4.78 is 101. The summed E-state index contributed by atoms with van der Waals surface area (Å²) in [5.74, 6) is 0.0299. The molecule has 0 aromatic heterocycles. The molecule has 1 amide bonds. The molecule has 3 aromatic rings. The summed E-state index contributed by atoms with van der Waals surface area (Å²) >= 11 is 0. The van der Waals surface area contributed by atoms with Crippen LogP contribution in [0.25, 0.3) is 11.1 Å². The van der Waals surface area contributed by atoms with Gasteiger partial charge in [0.05, 0.1) is 170 Å². The lowest BCUT2D eigenvalue weighted by atomic mass is 9.98. The molecule has 0 fully saturated rings. The van der Waals surface area contributed by atoms with Gasteiger partial charge in [-0.05, 0) is 34.4 Å². The van der Waals surface area contributed by atoms with Crippen molar-refractivity contribution in [2.24, 2.45) is 0 Å². The standard InChI is InChI=1S/C48H71NO17S/c1-49(48(50)65-41-47-45-13-7-5-11-43(45)44-12-6-8-14-46(44)47)15-16-53-17-18-54-19-20-55-21-22-56-23-24-57-25-26-58-27-28-59-29-30-60-31-32-61-33-34-62-35-36-63-37-38-64-39-40-66-67(51,52)42-9-3-2-4-10-42/h2-14,47H,15-41H2,1H3. The normalized spacial score (nSPS) is 12.4. The minimum absolute atomic E-state index is 0.0299. The first-order valence-corrected chi connectivity index (χ1v) is 24.3. The fourth-order valence-corrected chi connectivity index (χ4v) is 7.29. The van der Waals surface area contributed by atoms with Crippen molar-refractivity contribution in [2.75, 3.05) is 185 Å². The zero-order valence-electron chi connectivity index (χ0n) is 39.0. The molecular formula is C48H71NO17S. The fourth-order valence-electron chi connectivity index (χ4n) is 6.38. The lowest BCUT2D eigenvalue weighted by molar-refractivity contribution is -0.0286. The van der Waals surface area contributed by atoms with E-state index in [1.807, 2.05) is 24.3 Å². The Hall–Kier alpha value is -3.64. The van der Waals surface area contributed by atoms with Gasteiger partial charge in [-0.25, -0.2) is 4.79 Å². The second kappa shape index (κ2) is 36.4. The van der Waals surface area contributed by atoms with Crippen molar-refractivity contribution in [3.63, 3.8) is 0 Å². The molecule has 19 heteroatoms. The Balaban J connectivity index is 0.766. The average molecular weight is 966 g/mol. The first-order chi connectivity index (χ1) is 33.0. The van der Waals surface area contributed by atoms with E-state index >= 15 is 0 Å². The number of hydrogen-bond acceptors (Lipinski definition) is 17. The van der Waals surface area contributed by atoms with Gasteiger partial charge in [0.1, 0.15) is 6.61 Å². The third-order valence-electron chi connectivity index (χ3n) is 9.81. The van der Waals surface area contributed by atoms with Crippen LogP contribution in [0.3, 0.4) is 0 Å². The van der Waals surface area contributed by atoms with Gasteiger partial charge >= 0.3 is 6.09 Å². The van der Waals surface area contributed by atoms with Crippen molar-refractivity contribution in [1.82, 2.24) is 4.90 Å². The van der Waals surface area contributed by atoms with Crippen LogP contribution in [-0.2, 0) is 75.9 Å². The predicted molar refractivity (Wildman–Crippen MR) is 247 cm³/mol. The molecule has 0 atom stereocenters. The Morgan fingerprint density at radius 2 is 0.716 bits per heavy atom. The van der Waals surface area contributed by atoms with Gasteiger partial charge in [-0.3, -0.25) is 4.18 Å². The number of likely N-dealkylation sites (N-methyl/N-ethyl adjacent to an activating group) is 1. The third-order valence-corrected chi connectivity index (χ3v) is 11.1. The topological polar surface area (TPSA) is 184 Å². The van der Waals surface area contributed by atoms with Crippen LogP contribution in [0.1, 0.15) is 17.0 Å². The molecule has 0 radical (unpaired) electrons. The van der Waals surface area contributed by atoms with Gasteiger partial charge in [-0.1, -0.05) is 66.7 Å². The molecule has 18 nitrogen and oxygen atoms in total. The van der Waals surface area contributed by atoms with Gasteiger partial charge in [0.2, 0.25) is 0 Å². The SMILES string of the molecule is CN(CCOCCOCCOCCOCCOCCOCCOCCOCCOCCOCCOCCOCCOS(=O)(=O)c1ccccc1)C(=O)OCC1c2ccccc2-c2ccccc21. The third kappa shape index (κ3) is 24.5. The first kappa shape index (κ1) is 56.0. The van der Waals surface area contributed by atoms with E-state index in [0.29, 0.717) is 165 Å². The number of benzene rings is 3. The molecule has 0 spiro atoms. The highest BCUT2D eigenvalue weighted by Gasteiger charge is 2.29. The van der Waals surface area contributed by atoms with Crippen LogP contribution in [0.5, 0.6) is 0 Å². The van der Waals surface area contributed by atoms with E-state index in [1.54, 1.807) is 25.2 Å². The maximum atomic E-state index is 12.6. The lowest BCUT2D eigenvalue weighted by Crippen LogP contribution is -2.32. The molecule has 0 saturated carbocycles. The number of ether oxygens (including phenoxy) is 13. The molecule has 376 valence electrons. The Bertz CT molecular complexity index is 1760. The molecule has 67 heavy (non-hydrogen) atoms. The van der Waals surface area contributed by atoms with Crippen LogP contribution in [-0.4, -0.2) is 205 Å². The molecule has 3 aromatic carbocycles. The van der Waals surface area contributed by atoms with E-state index < -0.39 is 10.1 Å². The van der Waals surface area contributed by atoms with Gasteiger partial charge in [0.25, 0.3) is 10.1 Å². The smallest absolute Gasteiger partial charge is 0.409 e. The van der Waals surface area contributed by atoms with Crippen LogP contribution in [0.4, 0.5) is 4.79 Å². The number of amides is 1. The Kier molecular flexibility index (Phi) is 30.4. The minimum Gasteiger partial charge on any atom is -0.448 e. The quantitative estimate of drug-likeness (QED) is 0.0571. The van der Waals surface area contributed by atoms with Crippen LogP contribution < -0.4 is 0 Å². The lowest BCUT2D eigenvalue weighted by Gasteiger charge is -2.19. The summed E-state index contributed by atoms with van der Waals surface area (Å²) in [5, 5.41) is 0. The molecule has 0 saturated heterocycles. The summed E-state index contributed by atoms with van der Waals surface area (Å²) in [7, 11) is -2.06. The summed E-state index contributed by atoms with van der Waals surface area (Å²) in [6, 6.07) is 24.5. The van der Waals surface area contributed by atoms with Crippen LogP contribution >= 0.6 is 0 Å². The number of carbonyl (C=O) groups excluding carboxylic acids is 1. The van der Waals surface area contributed by atoms with Crippen molar-refractivity contribution < 1.29 is 79.0 Å². The monoisotopic (exact) mass is 965 g/mol. The number of carbonyl (C=O) groups is 1. The molecule has 1 aliphatic rings. The Labute approximate surface area is 396 Å². The van der Waals surface area contributed by atoms with E-state index in [4.69, 9.17) is 65.8 Å². The van der Waals surface area contributed by atoms with E-state index in [2.05, 4.69) is 24.3 Å².